The van der Waals surface area contributed by atoms with Crippen LogP contribution in [0.5, 0.6) is 0 Å². The number of rotatable bonds is 5. The molecule has 1 aliphatic carbocycles. The van der Waals surface area contributed by atoms with Crippen molar-refractivity contribution in [2.75, 3.05) is 32.7 Å². The Bertz CT molecular complexity index is 496. The maximum absolute atomic E-state index is 13.2. The van der Waals surface area contributed by atoms with Crippen LogP contribution in [0.2, 0.25) is 0 Å². The Morgan fingerprint density at radius 3 is 2.57 bits per heavy atom. The molecule has 114 valence electrons. The van der Waals surface area contributed by atoms with Crippen LogP contribution < -0.4 is 5.32 Å². The Morgan fingerprint density at radius 2 is 1.90 bits per heavy atom. The molecule has 4 nitrogen and oxygen atoms in total. The standard InChI is InChI=1S/C16H22FN3O/c17-14-3-1-2-13(10-14)11-19-6-8-20(9-7-19)12-16(21)18-15-4-5-15/h1-3,10,15H,4-9,11-12H2,(H,18,21). The molecule has 5 heteroatoms. The molecule has 1 heterocycles. The second-order valence-corrected chi connectivity index (χ2v) is 6.02. The third kappa shape index (κ3) is 4.51. The van der Waals surface area contributed by atoms with Gasteiger partial charge in [0.2, 0.25) is 5.91 Å². The van der Waals surface area contributed by atoms with E-state index in [1.807, 2.05) is 6.07 Å². The highest BCUT2D eigenvalue weighted by molar-refractivity contribution is 5.78. The van der Waals surface area contributed by atoms with Gasteiger partial charge in [0.05, 0.1) is 6.54 Å². The average Bonchev–Trinajstić information content (AvgIpc) is 3.25. The number of halogens is 1. The fraction of sp³-hybridized carbons (Fsp3) is 0.562. The normalized spacial score (nSPS) is 20.4. The quantitative estimate of drug-likeness (QED) is 0.886. The minimum atomic E-state index is -0.178. The number of nitrogens with zero attached hydrogens (tertiary/aromatic N) is 2. The van der Waals surface area contributed by atoms with Gasteiger partial charge in [0.1, 0.15) is 5.82 Å². The third-order valence-electron chi connectivity index (χ3n) is 4.07. The molecular formula is C16H22FN3O. The van der Waals surface area contributed by atoms with Crippen LogP contribution in [0, 0.1) is 5.82 Å². The number of carbonyl (C=O) groups excluding carboxylic acids is 1. The molecule has 0 spiro atoms. The highest BCUT2D eigenvalue weighted by Crippen LogP contribution is 2.18. The zero-order valence-corrected chi connectivity index (χ0v) is 12.2. The zero-order valence-electron chi connectivity index (χ0n) is 12.2. The molecule has 0 bridgehead atoms. The van der Waals surface area contributed by atoms with E-state index in [-0.39, 0.29) is 11.7 Å². The molecule has 1 saturated carbocycles. The van der Waals surface area contributed by atoms with E-state index in [1.165, 1.54) is 6.07 Å². The summed E-state index contributed by atoms with van der Waals surface area (Å²) < 4.78 is 13.2. The summed E-state index contributed by atoms with van der Waals surface area (Å²) in [6.07, 6.45) is 2.26. The van der Waals surface area contributed by atoms with Gasteiger partial charge in [0.25, 0.3) is 0 Å². The molecule has 1 amide bonds. The lowest BCUT2D eigenvalue weighted by Gasteiger charge is -2.34. The first kappa shape index (κ1) is 14.5. The van der Waals surface area contributed by atoms with E-state index in [2.05, 4.69) is 15.1 Å². The van der Waals surface area contributed by atoms with Gasteiger partial charge in [-0.05, 0) is 30.5 Å². The smallest absolute Gasteiger partial charge is 0.234 e. The monoisotopic (exact) mass is 291 g/mol. The van der Waals surface area contributed by atoms with Crippen molar-refractivity contribution in [2.24, 2.45) is 0 Å². The van der Waals surface area contributed by atoms with Crippen molar-refractivity contribution in [3.63, 3.8) is 0 Å². The highest BCUT2D eigenvalue weighted by Gasteiger charge is 2.25. The van der Waals surface area contributed by atoms with E-state index >= 15 is 0 Å². The van der Waals surface area contributed by atoms with Crippen LogP contribution in [-0.4, -0.2) is 54.5 Å². The van der Waals surface area contributed by atoms with Crippen LogP contribution in [-0.2, 0) is 11.3 Å². The number of hydrogen-bond acceptors (Lipinski definition) is 3. The van der Waals surface area contributed by atoms with Crippen molar-refractivity contribution in [3.05, 3.63) is 35.6 Å². The predicted molar refractivity (Wildman–Crippen MR) is 79.3 cm³/mol. The number of nitrogens with one attached hydrogen (secondary N) is 1. The molecule has 3 rings (SSSR count). The van der Waals surface area contributed by atoms with Crippen molar-refractivity contribution in [3.8, 4) is 0 Å². The second-order valence-electron chi connectivity index (χ2n) is 6.02. The SMILES string of the molecule is O=C(CN1CCN(Cc2cccc(F)c2)CC1)NC1CC1. The van der Waals surface area contributed by atoms with Crippen LogP contribution in [0.15, 0.2) is 24.3 Å². The van der Waals surface area contributed by atoms with E-state index in [1.54, 1.807) is 12.1 Å². The van der Waals surface area contributed by atoms with E-state index in [9.17, 15) is 9.18 Å². The molecule has 1 aromatic carbocycles. The van der Waals surface area contributed by atoms with E-state index in [0.29, 0.717) is 12.6 Å². The lowest BCUT2D eigenvalue weighted by atomic mass is 10.2. The maximum Gasteiger partial charge on any atom is 0.234 e. The molecule has 0 aromatic heterocycles. The number of piperazine rings is 1. The van der Waals surface area contributed by atoms with E-state index in [4.69, 9.17) is 0 Å². The Kier molecular flexibility index (Phi) is 4.51. The first-order valence-electron chi connectivity index (χ1n) is 7.67. The first-order chi connectivity index (χ1) is 10.2. The summed E-state index contributed by atoms with van der Waals surface area (Å²) in [5, 5.41) is 3.02. The summed E-state index contributed by atoms with van der Waals surface area (Å²) in [7, 11) is 0. The first-order valence-corrected chi connectivity index (χ1v) is 7.67. The van der Waals surface area contributed by atoms with Crippen LogP contribution in [0.1, 0.15) is 18.4 Å². The van der Waals surface area contributed by atoms with Gasteiger partial charge >= 0.3 is 0 Å². The third-order valence-corrected chi connectivity index (χ3v) is 4.07. The summed E-state index contributed by atoms with van der Waals surface area (Å²) in [6.45, 7) is 4.92. The van der Waals surface area contributed by atoms with Crippen molar-refractivity contribution in [1.29, 1.82) is 0 Å². The molecular weight excluding hydrogens is 269 g/mol. The number of hydrogen-bond donors (Lipinski definition) is 1. The van der Waals surface area contributed by atoms with Crippen LogP contribution in [0.3, 0.4) is 0 Å². The maximum atomic E-state index is 13.2. The molecule has 1 aliphatic heterocycles. The Labute approximate surface area is 124 Å². The van der Waals surface area contributed by atoms with Crippen LogP contribution in [0.4, 0.5) is 4.39 Å². The second kappa shape index (κ2) is 6.54. The molecule has 21 heavy (non-hydrogen) atoms. The number of benzene rings is 1. The van der Waals surface area contributed by atoms with Gasteiger partial charge in [-0.2, -0.15) is 0 Å². The number of amides is 1. The average molecular weight is 291 g/mol. The molecule has 2 aliphatic rings. The van der Waals surface area contributed by atoms with Crippen molar-refractivity contribution < 1.29 is 9.18 Å². The van der Waals surface area contributed by atoms with Crippen molar-refractivity contribution in [1.82, 2.24) is 15.1 Å². The molecule has 1 N–H and O–H groups in total. The Hall–Kier alpha value is -1.46. The van der Waals surface area contributed by atoms with Gasteiger partial charge in [-0.25, -0.2) is 4.39 Å². The molecule has 1 aromatic rings. The topological polar surface area (TPSA) is 35.6 Å². The van der Waals surface area contributed by atoms with Crippen molar-refractivity contribution >= 4 is 5.91 Å². The minimum Gasteiger partial charge on any atom is -0.352 e. The summed E-state index contributed by atoms with van der Waals surface area (Å²) in [4.78, 5) is 16.3. The van der Waals surface area contributed by atoms with Crippen LogP contribution >= 0.6 is 0 Å². The van der Waals surface area contributed by atoms with Gasteiger partial charge in [0, 0.05) is 38.8 Å². The van der Waals surface area contributed by atoms with Crippen LogP contribution in [0.25, 0.3) is 0 Å². The highest BCUT2D eigenvalue weighted by atomic mass is 19.1. The summed E-state index contributed by atoms with van der Waals surface area (Å²) >= 11 is 0. The van der Waals surface area contributed by atoms with E-state index in [0.717, 1.165) is 51.1 Å². The summed E-state index contributed by atoms with van der Waals surface area (Å²) in [5.41, 5.74) is 1.01. The van der Waals surface area contributed by atoms with E-state index < -0.39 is 0 Å². The Balaban J connectivity index is 1.41. The fourth-order valence-corrected chi connectivity index (χ4v) is 2.70. The molecule has 0 radical (unpaired) electrons. The molecule has 2 fully saturated rings. The predicted octanol–water partition coefficient (Wildman–Crippen LogP) is 1.22. The summed E-state index contributed by atoms with van der Waals surface area (Å²) in [6, 6.07) is 7.21. The molecule has 1 saturated heterocycles. The molecule has 0 unspecified atom stereocenters. The summed E-state index contributed by atoms with van der Waals surface area (Å²) in [5.74, 6) is -0.0287. The minimum absolute atomic E-state index is 0.149. The lowest BCUT2D eigenvalue weighted by Crippen LogP contribution is -2.49. The molecule has 0 atom stereocenters. The van der Waals surface area contributed by atoms with Crippen molar-refractivity contribution in [2.45, 2.75) is 25.4 Å². The fourth-order valence-electron chi connectivity index (χ4n) is 2.70. The Morgan fingerprint density at radius 1 is 1.19 bits per heavy atom. The van der Waals surface area contributed by atoms with Gasteiger partial charge in [0.15, 0.2) is 0 Å². The largest absolute Gasteiger partial charge is 0.352 e. The lowest BCUT2D eigenvalue weighted by molar-refractivity contribution is -0.122. The number of carbonyl (C=O) groups is 1. The van der Waals surface area contributed by atoms with Gasteiger partial charge in [-0.3, -0.25) is 14.6 Å². The van der Waals surface area contributed by atoms with Gasteiger partial charge in [-0.1, -0.05) is 12.1 Å². The van der Waals surface area contributed by atoms with Gasteiger partial charge in [-0.15, -0.1) is 0 Å². The zero-order chi connectivity index (χ0) is 14.7. The van der Waals surface area contributed by atoms with Gasteiger partial charge < -0.3 is 5.32 Å².